The Morgan fingerprint density at radius 2 is 2.24 bits per heavy atom. The minimum absolute atomic E-state index is 0.0279. The largest absolute Gasteiger partial charge is 0.476 e. The standard InChI is InChI=1S/C9H15N5O3/c1-10-3-2-4-11-8(15)6-14-5-7(9(16)17)12-13-14/h5,10H,2-4,6H2,1H3,(H,11,15)(H,16,17). The van der Waals surface area contributed by atoms with Gasteiger partial charge in [-0.1, -0.05) is 5.21 Å². The highest BCUT2D eigenvalue weighted by atomic mass is 16.4. The molecule has 94 valence electrons. The van der Waals surface area contributed by atoms with Crippen molar-refractivity contribution in [3.05, 3.63) is 11.9 Å². The fourth-order valence-electron chi connectivity index (χ4n) is 1.17. The van der Waals surface area contributed by atoms with Crippen LogP contribution in [0.4, 0.5) is 0 Å². The van der Waals surface area contributed by atoms with E-state index in [1.54, 1.807) is 0 Å². The number of nitrogens with one attached hydrogen (secondary N) is 2. The molecule has 1 heterocycles. The summed E-state index contributed by atoms with van der Waals surface area (Å²) in [6.07, 6.45) is 2.05. The van der Waals surface area contributed by atoms with Gasteiger partial charge in [0.05, 0.1) is 6.20 Å². The minimum Gasteiger partial charge on any atom is -0.476 e. The molecule has 0 aliphatic rings. The Morgan fingerprint density at radius 3 is 2.82 bits per heavy atom. The molecule has 3 N–H and O–H groups in total. The number of hydrogen-bond acceptors (Lipinski definition) is 5. The van der Waals surface area contributed by atoms with Crippen molar-refractivity contribution in [1.82, 2.24) is 25.6 Å². The molecule has 0 atom stereocenters. The van der Waals surface area contributed by atoms with Gasteiger partial charge in [-0.3, -0.25) is 4.79 Å². The molecule has 1 aromatic rings. The number of rotatable bonds is 7. The Bertz CT molecular complexity index is 390. The third kappa shape index (κ3) is 4.60. The van der Waals surface area contributed by atoms with E-state index in [2.05, 4.69) is 20.9 Å². The molecule has 0 aliphatic carbocycles. The quantitative estimate of drug-likeness (QED) is 0.512. The number of carboxylic acids is 1. The van der Waals surface area contributed by atoms with Gasteiger partial charge in [0.15, 0.2) is 5.69 Å². The first-order chi connectivity index (χ1) is 8.13. The lowest BCUT2D eigenvalue weighted by atomic mass is 10.4. The third-order valence-electron chi connectivity index (χ3n) is 1.99. The second-order valence-electron chi connectivity index (χ2n) is 3.41. The zero-order chi connectivity index (χ0) is 12.7. The van der Waals surface area contributed by atoms with E-state index in [-0.39, 0.29) is 18.1 Å². The molecule has 0 aromatic carbocycles. The molecule has 8 heteroatoms. The highest BCUT2D eigenvalue weighted by molar-refractivity contribution is 5.84. The van der Waals surface area contributed by atoms with Gasteiger partial charge in [0.25, 0.3) is 0 Å². The van der Waals surface area contributed by atoms with Gasteiger partial charge < -0.3 is 15.7 Å². The molecule has 0 unspecified atom stereocenters. The van der Waals surface area contributed by atoms with E-state index < -0.39 is 5.97 Å². The van der Waals surface area contributed by atoms with E-state index in [9.17, 15) is 9.59 Å². The summed E-state index contributed by atoms with van der Waals surface area (Å²) >= 11 is 0. The maximum atomic E-state index is 11.4. The van der Waals surface area contributed by atoms with Crippen molar-refractivity contribution in [2.24, 2.45) is 0 Å². The second kappa shape index (κ2) is 6.59. The Morgan fingerprint density at radius 1 is 1.47 bits per heavy atom. The molecule has 0 fully saturated rings. The van der Waals surface area contributed by atoms with Crippen LogP contribution in [0.1, 0.15) is 16.9 Å². The molecule has 1 amide bonds. The predicted octanol–water partition coefficient (Wildman–Crippen LogP) is -1.30. The lowest BCUT2D eigenvalue weighted by molar-refractivity contribution is -0.121. The molecule has 0 saturated carbocycles. The van der Waals surface area contributed by atoms with Gasteiger partial charge in [-0.05, 0) is 20.0 Å². The Balaban J connectivity index is 2.32. The summed E-state index contributed by atoms with van der Waals surface area (Å²) in [5, 5.41) is 21.2. The zero-order valence-corrected chi connectivity index (χ0v) is 9.51. The Kier molecular flexibility index (Phi) is 5.08. The van der Waals surface area contributed by atoms with E-state index in [0.717, 1.165) is 13.0 Å². The monoisotopic (exact) mass is 241 g/mol. The number of amides is 1. The van der Waals surface area contributed by atoms with Crippen LogP contribution in [-0.2, 0) is 11.3 Å². The molecule has 0 bridgehead atoms. The molecular formula is C9H15N5O3. The summed E-state index contributed by atoms with van der Waals surface area (Å²) in [5.74, 6) is -1.38. The topological polar surface area (TPSA) is 109 Å². The molecule has 1 rings (SSSR count). The van der Waals surface area contributed by atoms with Crippen LogP contribution in [0.3, 0.4) is 0 Å². The number of carboxylic acid groups (broad SMARTS) is 1. The van der Waals surface area contributed by atoms with Crippen molar-refractivity contribution in [2.75, 3.05) is 20.1 Å². The SMILES string of the molecule is CNCCCNC(=O)Cn1cc(C(=O)O)nn1. The normalized spacial score (nSPS) is 10.2. The summed E-state index contributed by atoms with van der Waals surface area (Å²) < 4.78 is 1.19. The van der Waals surface area contributed by atoms with Gasteiger partial charge in [0.2, 0.25) is 5.91 Å². The van der Waals surface area contributed by atoms with Gasteiger partial charge in [-0.2, -0.15) is 0 Å². The van der Waals surface area contributed by atoms with E-state index >= 15 is 0 Å². The first-order valence-corrected chi connectivity index (χ1v) is 5.18. The number of carbonyl (C=O) groups excluding carboxylic acids is 1. The average molecular weight is 241 g/mol. The van der Waals surface area contributed by atoms with Crippen molar-refractivity contribution in [3.8, 4) is 0 Å². The molecule has 0 aliphatic heterocycles. The highest BCUT2D eigenvalue weighted by Gasteiger charge is 2.10. The van der Waals surface area contributed by atoms with E-state index in [1.807, 2.05) is 7.05 Å². The van der Waals surface area contributed by atoms with Crippen LogP contribution in [0.2, 0.25) is 0 Å². The zero-order valence-electron chi connectivity index (χ0n) is 9.51. The lowest BCUT2D eigenvalue weighted by Gasteiger charge is -2.04. The highest BCUT2D eigenvalue weighted by Crippen LogP contribution is 1.92. The maximum absolute atomic E-state index is 11.4. The van der Waals surface area contributed by atoms with Crippen LogP contribution in [0.25, 0.3) is 0 Å². The Hall–Kier alpha value is -1.96. The minimum atomic E-state index is -1.16. The fraction of sp³-hybridized carbons (Fsp3) is 0.556. The van der Waals surface area contributed by atoms with Crippen molar-refractivity contribution in [1.29, 1.82) is 0 Å². The summed E-state index contributed by atoms with van der Waals surface area (Å²) in [4.78, 5) is 21.9. The number of aromatic nitrogens is 3. The number of carbonyl (C=O) groups is 2. The molecule has 8 nitrogen and oxygen atoms in total. The summed E-state index contributed by atoms with van der Waals surface area (Å²) in [5.41, 5.74) is -0.173. The van der Waals surface area contributed by atoms with Gasteiger partial charge in [-0.25, -0.2) is 9.48 Å². The van der Waals surface area contributed by atoms with Crippen molar-refractivity contribution in [2.45, 2.75) is 13.0 Å². The van der Waals surface area contributed by atoms with Gasteiger partial charge in [0, 0.05) is 6.54 Å². The smallest absolute Gasteiger partial charge is 0.358 e. The first kappa shape index (κ1) is 13.1. The first-order valence-electron chi connectivity index (χ1n) is 5.18. The van der Waals surface area contributed by atoms with Gasteiger partial charge >= 0.3 is 5.97 Å². The lowest BCUT2D eigenvalue weighted by Crippen LogP contribution is -2.30. The van der Waals surface area contributed by atoms with Crippen LogP contribution in [-0.4, -0.2) is 52.1 Å². The molecule has 0 spiro atoms. The molecular weight excluding hydrogens is 226 g/mol. The molecule has 0 saturated heterocycles. The summed E-state index contributed by atoms with van der Waals surface area (Å²) in [6.45, 7) is 1.37. The maximum Gasteiger partial charge on any atom is 0.358 e. The van der Waals surface area contributed by atoms with Crippen LogP contribution in [0.15, 0.2) is 6.20 Å². The van der Waals surface area contributed by atoms with Crippen LogP contribution in [0.5, 0.6) is 0 Å². The van der Waals surface area contributed by atoms with Gasteiger partial charge in [-0.15, -0.1) is 5.10 Å². The van der Waals surface area contributed by atoms with E-state index in [1.165, 1.54) is 10.9 Å². The van der Waals surface area contributed by atoms with Crippen molar-refractivity contribution < 1.29 is 14.7 Å². The van der Waals surface area contributed by atoms with Crippen molar-refractivity contribution >= 4 is 11.9 Å². The van der Waals surface area contributed by atoms with E-state index in [4.69, 9.17) is 5.11 Å². The van der Waals surface area contributed by atoms with E-state index in [0.29, 0.717) is 6.54 Å². The fourth-order valence-corrected chi connectivity index (χ4v) is 1.17. The predicted molar refractivity (Wildman–Crippen MR) is 58.5 cm³/mol. The number of hydrogen-bond donors (Lipinski definition) is 3. The molecule has 1 aromatic heterocycles. The van der Waals surface area contributed by atoms with Gasteiger partial charge in [0.1, 0.15) is 6.54 Å². The van der Waals surface area contributed by atoms with Crippen molar-refractivity contribution in [3.63, 3.8) is 0 Å². The molecule has 17 heavy (non-hydrogen) atoms. The second-order valence-corrected chi connectivity index (χ2v) is 3.41. The summed E-state index contributed by atoms with van der Waals surface area (Å²) in [7, 11) is 1.84. The average Bonchev–Trinajstić information content (AvgIpc) is 2.73. The summed E-state index contributed by atoms with van der Waals surface area (Å²) in [6, 6.07) is 0. The van der Waals surface area contributed by atoms with Crippen LogP contribution >= 0.6 is 0 Å². The molecule has 0 radical (unpaired) electrons. The Labute approximate surface area is 98.0 Å². The van der Waals surface area contributed by atoms with Crippen LogP contribution < -0.4 is 10.6 Å². The number of nitrogens with zero attached hydrogens (tertiary/aromatic N) is 3. The third-order valence-corrected chi connectivity index (χ3v) is 1.99. The number of aromatic carboxylic acids is 1. The van der Waals surface area contributed by atoms with Crippen LogP contribution in [0, 0.1) is 0 Å².